The molecule has 0 saturated heterocycles. The Morgan fingerprint density at radius 1 is 0.571 bits per heavy atom. The second-order valence-electron chi connectivity index (χ2n) is 17.8. The summed E-state index contributed by atoms with van der Waals surface area (Å²) in [6.07, 6.45) is 24.4. The van der Waals surface area contributed by atoms with Crippen molar-refractivity contribution in [3.63, 3.8) is 0 Å². The van der Waals surface area contributed by atoms with Crippen molar-refractivity contribution in [3.05, 3.63) is 108 Å². The van der Waals surface area contributed by atoms with Gasteiger partial charge in [-0.2, -0.15) is 0 Å². The van der Waals surface area contributed by atoms with Gasteiger partial charge in [-0.25, -0.2) is 0 Å². The monoisotopic (exact) mass is 680 g/mol. The lowest BCUT2D eigenvalue weighted by atomic mass is 9.55. The highest BCUT2D eigenvalue weighted by atomic mass is 31.1. The highest BCUT2D eigenvalue weighted by Gasteiger charge is 2.57. The van der Waals surface area contributed by atoms with E-state index in [0.717, 1.165) is 81.1 Å². The SMILES string of the molecule is PC(c1ccc2ccccc2n1)(c1ccc2ccccc2n1)C1C=CC=C1CP(C1C2CC3CC(C2)CC1C3)C1C2CC3CC(C2)CC1C3. The summed E-state index contributed by atoms with van der Waals surface area (Å²) >= 11 is 0. The summed E-state index contributed by atoms with van der Waals surface area (Å²) in [5.41, 5.74) is 8.07. The van der Waals surface area contributed by atoms with Gasteiger partial charge in [0.05, 0.1) is 27.6 Å². The van der Waals surface area contributed by atoms with Gasteiger partial charge < -0.3 is 0 Å². The van der Waals surface area contributed by atoms with Crippen LogP contribution >= 0.6 is 17.2 Å². The second-order valence-corrected chi connectivity index (χ2v) is 21.2. The van der Waals surface area contributed by atoms with Crippen LogP contribution in [0.5, 0.6) is 0 Å². The summed E-state index contributed by atoms with van der Waals surface area (Å²) < 4.78 is 0. The van der Waals surface area contributed by atoms with Crippen LogP contribution in [0.4, 0.5) is 0 Å². The molecule has 250 valence electrons. The molecule has 0 amide bonds. The van der Waals surface area contributed by atoms with Crippen molar-refractivity contribution in [1.29, 1.82) is 0 Å². The fourth-order valence-corrected chi connectivity index (χ4v) is 19.0. The second kappa shape index (κ2) is 11.6. The fourth-order valence-electron chi connectivity index (χ4n) is 13.7. The lowest BCUT2D eigenvalue weighted by Crippen LogP contribution is -2.53. The normalized spacial score (nSPS) is 37.7. The molecule has 0 radical (unpaired) electrons. The van der Waals surface area contributed by atoms with Crippen LogP contribution in [0.15, 0.2) is 96.6 Å². The molecule has 0 N–H and O–H groups in total. The molecular weight excluding hydrogens is 630 g/mol. The average molecular weight is 681 g/mol. The third-order valence-corrected chi connectivity index (χ3v) is 19.9. The van der Waals surface area contributed by atoms with Crippen LogP contribution in [-0.4, -0.2) is 27.4 Å². The summed E-state index contributed by atoms with van der Waals surface area (Å²) in [7, 11) is 3.29. The molecule has 9 aliphatic rings. The molecule has 8 saturated carbocycles. The molecule has 2 unspecified atom stereocenters. The number of aromatic nitrogens is 2. The van der Waals surface area contributed by atoms with Crippen LogP contribution in [0.3, 0.4) is 0 Å². The van der Waals surface area contributed by atoms with Crippen LogP contribution in [0.2, 0.25) is 0 Å². The van der Waals surface area contributed by atoms with Crippen molar-refractivity contribution >= 4 is 39.0 Å². The fraction of sp³-hybridized carbons (Fsp3) is 0.511. The molecule has 8 fully saturated rings. The predicted molar refractivity (Wildman–Crippen MR) is 208 cm³/mol. The molecule has 9 aliphatic carbocycles. The summed E-state index contributed by atoms with van der Waals surface area (Å²) in [4.78, 5) is 10.9. The highest BCUT2D eigenvalue weighted by Crippen LogP contribution is 2.72. The van der Waals surface area contributed by atoms with Gasteiger partial charge in [0, 0.05) is 16.7 Å². The molecule has 4 heteroatoms. The number of nitrogens with zero attached hydrogens (tertiary/aromatic N) is 2. The zero-order valence-corrected chi connectivity index (χ0v) is 30.8. The molecule has 2 aromatic heterocycles. The first-order valence-electron chi connectivity index (χ1n) is 19.7. The zero-order valence-electron chi connectivity index (χ0n) is 28.7. The van der Waals surface area contributed by atoms with E-state index in [-0.39, 0.29) is 13.8 Å². The van der Waals surface area contributed by atoms with Crippen molar-refractivity contribution < 1.29 is 0 Å². The summed E-state index contributed by atoms with van der Waals surface area (Å²) in [5, 5.41) is 1.97. The van der Waals surface area contributed by atoms with E-state index < -0.39 is 5.16 Å². The molecule has 13 rings (SSSR count). The van der Waals surface area contributed by atoms with Gasteiger partial charge in [-0.1, -0.05) is 80.3 Å². The molecule has 2 nitrogen and oxygen atoms in total. The number of fused-ring (bicyclic) bond motifs is 2. The van der Waals surface area contributed by atoms with Crippen LogP contribution in [0, 0.1) is 53.3 Å². The van der Waals surface area contributed by atoms with E-state index in [2.05, 4.69) is 100 Å². The lowest BCUT2D eigenvalue weighted by molar-refractivity contribution is 0.0131. The van der Waals surface area contributed by atoms with Gasteiger partial charge in [0.15, 0.2) is 0 Å². The Bertz CT molecular complexity index is 1820. The number of hydrogen-bond donors (Lipinski definition) is 0. The molecule has 4 aromatic rings. The number of benzene rings is 2. The number of allylic oxidation sites excluding steroid dienone is 4. The number of para-hydroxylation sites is 2. The number of rotatable bonds is 7. The smallest absolute Gasteiger partial charge is 0.0786 e. The summed E-state index contributed by atoms with van der Waals surface area (Å²) in [5.74, 6) is 8.48. The van der Waals surface area contributed by atoms with E-state index in [9.17, 15) is 0 Å². The van der Waals surface area contributed by atoms with E-state index in [1.54, 1.807) is 69.8 Å². The summed E-state index contributed by atoms with van der Waals surface area (Å²) in [6, 6.07) is 26.4. The van der Waals surface area contributed by atoms with Gasteiger partial charge in [-0.3, -0.25) is 9.97 Å². The molecule has 2 atom stereocenters. The first-order chi connectivity index (χ1) is 24.1. The molecule has 2 heterocycles. The van der Waals surface area contributed by atoms with E-state index in [0.29, 0.717) is 0 Å². The Morgan fingerprint density at radius 2 is 1.02 bits per heavy atom. The van der Waals surface area contributed by atoms with Crippen LogP contribution < -0.4 is 0 Å². The maximum absolute atomic E-state index is 5.44. The van der Waals surface area contributed by atoms with Gasteiger partial charge in [0.2, 0.25) is 0 Å². The van der Waals surface area contributed by atoms with E-state index in [4.69, 9.17) is 9.97 Å². The van der Waals surface area contributed by atoms with E-state index in [1.165, 1.54) is 16.9 Å². The van der Waals surface area contributed by atoms with Crippen molar-refractivity contribution in [1.82, 2.24) is 9.97 Å². The topological polar surface area (TPSA) is 25.8 Å². The largest absolute Gasteiger partial charge is 0.251 e. The minimum absolute atomic E-state index is 0.0980. The van der Waals surface area contributed by atoms with Gasteiger partial charge in [-0.15, -0.1) is 9.24 Å². The standard InChI is InChI=1S/C45H50N2P2/c48-45(41-14-12-31-6-1-3-10-39(31)46-41,42-15-13-32-7-2-4-11-40(32)47-42)38-9-5-8-33(38)26-49(43-34-18-27-16-28(20-34)21-35(43)19-27)44-36-22-29-17-30(24-36)25-37(44)23-29/h1-15,27-30,34-38,43-44H,16-26,48H2. The Balaban J connectivity index is 1.02. The third-order valence-electron chi connectivity index (χ3n) is 15.0. The van der Waals surface area contributed by atoms with Crippen LogP contribution in [-0.2, 0) is 5.16 Å². The minimum Gasteiger partial charge on any atom is -0.251 e. The molecule has 0 spiro atoms. The predicted octanol–water partition coefficient (Wildman–Crippen LogP) is 11.1. The Kier molecular flexibility index (Phi) is 7.13. The minimum atomic E-state index is -0.442. The molecule has 0 aliphatic heterocycles. The van der Waals surface area contributed by atoms with Gasteiger partial charge >= 0.3 is 0 Å². The van der Waals surface area contributed by atoms with Crippen LogP contribution in [0.25, 0.3) is 21.8 Å². The number of hydrogen-bond acceptors (Lipinski definition) is 2. The van der Waals surface area contributed by atoms with Crippen molar-refractivity contribution in [2.75, 3.05) is 6.16 Å². The molecular formula is C45H50N2P2. The lowest BCUT2D eigenvalue weighted by Gasteiger charge is -2.62. The van der Waals surface area contributed by atoms with E-state index in [1.807, 2.05) is 0 Å². The Labute approximate surface area is 296 Å². The van der Waals surface area contributed by atoms with Crippen molar-refractivity contribution in [2.24, 2.45) is 53.3 Å². The van der Waals surface area contributed by atoms with E-state index >= 15 is 0 Å². The Hall–Kier alpha value is -2.40. The highest BCUT2D eigenvalue weighted by molar-refractivity contribution is 7.59. The van der Waals surface area contributed by atoms with Crippen LogP contribution in [0.1, 0.15) is 75.6 Å². The third kappa shape index (κ3) is 4.86. The maximum Gasteiger partial charge on any atom is 0.0786 e. The molecule has 8 bridgehead atoms. The molecule has 49 heavy (non-hydrogen) atoms. The Morgan fingerprint density at radius 3 is 1.49 bits per heavy atom. The van der Waals surface area contributed by atoms with Crippen molar-refractivity contribution in [3.8, 4) is 0 Å². The number of pyridine rings is 2. The molecule has 2 aromatic carbocycles. The van der Waals surface area contributed by atoms with Gasteiger partial charge in [0.25, 0.3) is 0 Å². The first kappa shape index (κ1) is 30.2. The van der Waals surface area contributed by atoms with Crippen molar-refractivity contribution in [2.45, 2.75) is 80.7 Å². The quantitative estimate of drug-likeness (QED) is 0.182. The zero-order chi connectivity index (χ0) is 32.3. The first-order valence-corrected chi connectivity index (χ1v) is 22.0. The summed E-state index contributed by atoms with van der Waals surface area (Å²) in [6.45, 7) is 0. The maximum atomic E-state index is 5.44. The van der Waals surface area contributed by atoms with Gasteiger partial charge in [-0.05, 0) is 153 Å². The average Bonchev–Trinajstić information content (AvgIpc) is 3.58. The van der Waals surface area contributed by atoms with Gasteiger partial charge in [0.1, 0.15) is 0 Å².